The highest BCUT2D eigenvalue weighted by atomic mass is 19.1. The molecule has 4 heteroatoms. The highest BCUT2D eigenvalue weighted by Crippen LogP contribution is 2.30. The van der Waals surface area contributed by atoms with Gasteiger partial charge in [0.05, 0.1) is 0 Å². The molecule has 0 spiro atoms. The smallest absolute Gasteiger partial charge is 0.149 e. The number of nitrogens with zero attached hydrogens (tertiary/aromatic N) is 1. The molecule has 1 heterocycles. The van der Waals surface area contributed by atoms with Gasteiger partial charge in [-0.1, -0.05) is 13.8 Å². The summed E-state index contributed by atoms with van der Waals surface area (Å²) in [5, 5.41) is 0. The SMILES string of the molecule is CC1CC(C)CN(c2c(F)cc(CN)cc2F)C1. The summed E-state index contributed by atoms with van der Waals surface area (Å²) in [7, 11) is 0. The van der Waals surface area contributed by atoms with Crippen molar-refractivity contribution in [2.75, 3.05) is 18.0 Å². The van der Waals surface area contributed by atoms with Crippen molar-refractivity contribution in [1.82, 2.24) is 0 Å². The van der Waals surface area contributed by atoms with Gasteiger partial charge in [0.1, 0.15) is 17.3 Å². The number of hydrogen-bond donors (Lipinski definition) is 1. The lowest BCUT2D eigenvalue weighted by Crippen LogP contribution is -2.39. The van der Waals surface area contributed by atoms with E-state index in [0.29, 0.717) is 30.5 Å². The first kappa shape index (κ1) is 13.3. The fourth-order valence-corrected chi connectivity index (χ4v) is 2.88. The summed E-state index contributed by atoms with van der Waals surface area (Å²) in [5.41, 5.74) is 6.01. The molecule has 0 amide bonds. The van der Waals surface area contributed by atoms with Crippen LogP contribution in [0.15, 0.2) is 12.1 Å². The van der Waals surface area contributed by atoms with Crippen molar-refractivity contribution >= 4 is 5.69 Å². The van der Waals surface area contributed by atoms with Crippen LogP contribution in [0.5, 0.6) is 0 Å². The topological polar surface area (TPSA) is 29.3 Å². The molecule has 1 aromatic carbocycles. The minimum absolute atomic E-state index is 0.102. The Morgan fingerprint density at radius 1 is 1.17 bits per heavy atom. The Balaban J connectivity index is 2.32. The Bertz CT molecular complexity index is 401. The normalized spacial score (nSPS) is 24.4. The lowest BCUT2D eigenvalue weighted by molar-refractivity contribution is 0.351. The second-order valence-electron chi connectivity index (χ2n) is 5.46. The van der Waals surface area contributed by atoms with E-state index in [1.54, 1.807) is 0 Å². The van der Waals surface area contributed by atoms with Crippen molar-refractivity contribution in [1.29, 1.82) is 0 Å². The largest absolute Gasteiger partial charge is 0.366 e. The van der Waals surface area contributed by atoms with Crippen LogP contribution >= 0.6 is 0 Å². The third-order valence-corrected chi connectivity index (χ3v) is 3.50. The van der Waals surface area contributed by atoms with Gasteiger partial charge in [-0.05, 0) is 36.0 Å². The van der Waals surface area contributed by atoms with Gasteiger partial charge in [0, 0.05) is 19.6 Å². The minimum Gasteiger partial charge on any atom is -0.366 e. The van der Waals surface area contributed by atoms with Gasteiger partial charge in [-0.25, -0.2) is 8.78 Å². The van der Waals surface area contributed by atoms with Crippen molar-refractivity contribution < 1.29 is 8.78 Å². The van der Waals surface area contributed by atoms with Gasteiger partial charge in [0.15, 0.2) is 0 Å². The molecule has 2 nitrogen and oxygen atoms in total. The van der Waals surface area contributed by atoms with Crippen molar-refractivity contribution in [3.8, 4) is 0 Å². The molecule has 2 N–H and O–H groups in total. The van der Waals surface area contributed by atoms with Crippen LogP contribution in [0.4, 0.5) is 14.5 Å². The van der Waals surface area contributed by atoms with Gasteiger partial charge >= 0.3 is 0 Å². The van der Waals surface area contributed by atoms with Crippen LogP contribution in [-0.4, -0.2) is 13.1 Å². The maximum absolute atomic E-state index is 14.0. The third-order valence-electron chi connectivity index (χ3n) is 3.50. The maximum atomic E-state index is 14.0. The Morgan fingerprint density at radius 3 is 2.11 bits per heavy atom. The van der Waals surface area contributed by atoms with Gasteiger partial charge in [-0.3, -0.25) is 0 Å². The molecule has 0 aromatic heterocycles. The summed E-state index contributed by atoms with van der Waals surface area (Å²) in [6.45, 7) is 5.81. The van der Waals surface area contributed by atoms with Crippen molar-refractivity contribution in [2.24, 2.45) is 17.6 Å². The van der Waals surface area contributed by atoms with Crippen LogP contribution in [0.25, 0.3) is 0 Å². The molecular formula is C14H20F2N2. The Labute approximate surface area is 107 Å². The van der Waals surface area contributed by atoms with Gasteiger partial charge in [0.2, 0.25) is 0 Å². The highest BCUT2D eigenvalue weighted by Gasteiger charge is 2.26. The van der Waals surface area contributed by atoms with Crippen LogP contribution in [0, 0.1) is 23.5 Å². The second-order valence-corrected chi connectivity index (χ2v) is 5.46. The maximum Gasteiger partial charge on any atom is 0.149 e. The van der Waals surface area contributed by atoms with E-state index >= 15 is 0 Å². The summed E-state index contributed by atoms with van der Waals surface area (Å²) in [4.78, 5) is 1.82. The van der Waals surface area contributed by atoms with Crippen LogP contribution in [0.3, 0.4) is 0 Å². The zero-order chi connectivity index (χ0) is 13.3. The average molecular weight is 254 g/mol. The average Bonchev–Trinajstić information content (AvgIpc) is 2.26. The molecule has 100 valence electrons. The molecule has 0 bridgehead atoms. The zero-order valence-electron chi connectivity index (χ0n) is 10.9. The van der Waals surface area contributed by atoms with E-state index in [1.807, 2.05) is 4.90 Å². The molecule has 2 atom stereocenters. The molecule has 1 saturated heterocycles. The molecular weight excluding hydrogens is 234 g/mol. The van der Waals surface area contributed by atoms with Crippen LogP contribution in [-0.2, 0) is 6.54 Å². The number of rotatable bonds is 2. The predicted molar refractivity (Wildman–Crippen MR) is 69.4 cm³/mol. The minimum atomic E-state index is -0.503. The lowest BCUT2D eigenvalue weighted by Gasteiger charge is -2.36. The van der Waals surface area contributed by atoms with Gasteiger partial charge in [-0.2, -0.15) is 0 Å². The Hall–Kier alpha value is -1.16. The molecule has 0 saturated carbocycles. The van der Waals surface area contributed by atoms with E-state index in [4.69, 9.17) is 5.73 Å². The van der Waals surface area contributed by atoms with Gasteiger partial charge < -0.3 is 10.6 Å². The first-order chi connectivity index (χ1) is 8.51. The molecule has 1 fully saturated rings. The molecule has 1 aliphatic rings. The van der Waals surface area contributed by atoms with E-state index in [1.165, 1.54) is 12.1 Å². The number of halogens is 2. The fraction of sp³-hybridized carbons (Fsp3) is 0.571. The van der Waals surface area contributed by atoms with Crippen LogP contribution in [0.1, 0.15) is 25.8 Å². The Kier molecular flexibility index (Phi) is 3.85. The number of nitrogens with two attached hydrogens (primary N) is 1. The van der Waals surface area contributed by atoms with Crippen molar-refractivity contribution in [3.63, 3.8) is 0 Å². The summed E-state index contributed by atoms with van der Waals surface area (Å²) in [5.74, 6) is -0.0861. The first-order valence-corrected chi connectivity index (χ1v) is 6.44. The standard InChI is InChI=1S/C14H20F2N2/c1-9-3-10(2)8-18(7-9)14-12(15)4-11(6-17)5-13(14)16/h4-5,9-10H,3,6-8,17H2,1-2H3. The first-order valence-electron chi connectivity index (χ1n) is 6.44. The van der Waals surface area contributed by atoms with E-state index in [0.717, 1.165) is 6.42 Å². The molecule has 2 unspecified atom stereocenters. The summed E-state index contributed by atoms with van der Waals surface area (Å²) in [6.07, 6.45) is 1.11. The van der Waals surface area contributed by atoms with Crippen molar-refractivity contribution in [3.05, 3.63) is 29.3 Å². The molecule has 1 aliphatic heterocycles. The molecule has 18 heavy (non-hydrogen) atoms. The number of benzene rings is 1. The monoisotopic (exact) mass is 254 g/mol. The quantitative estimate of drug-likeness (QED) is 0.879. The van der Waals surface area contributed by atoms with E-state index in [9.17, 15) is 8.78 Å². The number of anilines is 1. The van der Waals surface area contributed by atoms with Gasteiger partial charge in [-0.15, -0.1) is 0 Å². The van der Waals surface area contributed by atoms with E-state index < -0.39 is 11.6 Å². The Morgan fingerprint density at radius 2 is 1.67 bits per heavy atom. The van der Waals surface area contributed by atoms with Gasteiger partial charge in [0.25, 0.3) is 0 Å². The molecule has 0 aliphatic carbocycles. The summed E-state index contributed by atoms with van der Waals surface area (Å²) < 4.78 is 28.0. The fourth-order valence-electron chi connectivity index (χ4n) is 2.88. The predicted octanol–water partition coefficient (Wildman–Crippen LogP) is 2.91. The molecule has 2 rings (SSSR count). The summed E-state index contributed by atoms with van der Waals surface area (Å²) in [6, 6.07) is 2.67. The number of piperidine rings is 1. The van der Waals surface area contributed by atoms with E-state index in [-0.39, 0.29) is 12.2 Å². The molecule has 1 aromatic rings. The lowest BCUT2D eigenvalue weighted by atomic mass is 9.91. The van der Waals surface area contributed by atoms with Crippen LogP contribution in [0.2, 0.25) is 0 Å². The highest BCUT2D eigenvalue weighted by molar-refractivity contribution is 5.51. The van der Waals surface area contributed by atoms with E-state index in [2.05, 4.69) is 13.8 Å². The van der Waals surface area contributed by atoms with Crippen LogP contribution < -0.4 is 10.6 Å². The zero-order valence-corrected chi connectivity index (χ0v) is 10.9. The third kappa shape index (κ3) is 2.64. The summed E-state index contributed by atoms with van der Waals surface area (Å²) >= 11 is 0. The van der Waals surface area contributed by atoms with Crippen molar-refractivity contribution in [2.45, 2.75) is 26.8 Å². The number of hydrogen-bond acceptors (Lipinski definition) is 2. The molecule has 0 radical (unpaired) electrons. The second kappa shape index (κ2) is 5.22.